The van der Waals surface area contributed by atoms with E-state index >= 15 is 0 Å². The van der Waals surface area contributed by atoms with E-state index < -0.39 is 0 Å². The van der Waals surface area contributed by atoms with Crippen molar-refractivity contribution in [2.75, 3.05) is 13.1 Å². The van der Waals surface area contributed by atoms with Gasteiger partial charge in [0.15, 0.2) is 0 Å². The van der Waals surface area contributed by atoms with E-state index in [9.17, 15) is 4.79 Å². The molecule has 1 saturated carbocycles. The van der Waals surface area contributed by atoms with Crippen LogP contribution >= 0.6 is 0 Å². The number of hydrogen-bond acceptors (Lipinski definition) is 1. The molecule has 1 amide bonds. The Morgan fingerprint density at radius 2 is 1.71 bits per heavy atom. The van der Waals surface area contributed by atoms with Gasteiger partial charge >= 0.3 is 0 Å². The maximum Gasteiger partial charge on any atom is 0.245 e. The molecule has 0 unspecified atom stereocenters. The van der Waals surface area contributed by atoms with Crippen molar-refractivity contribution in [2.24, 2.45) is 5.41 Å². The van der Waals surface area contributed by atoms with Gasteiger partial charge in [-0.15, -0.1) is 0 Å². The van der Waals surface area contributed by atoms with Crippen molar-refractivity contribution in [2.45, 2.75) is 38.5 Å². The third-order valence-corrected chi connectivity index (χ3v) is 3.97. The summed E-state index contributed by atoms with van der Waals surface area (Å²) in [5, 5.41) is 0. The van der Waals surface area contributed by atoms with E-state index in [0.29, 0.717) is 5.41 Å². The molecule has 2 nitrogen and oxygen atoms in total. The topological polar surface area (TPSA) is 20.3 Å². The summed E-state index contributed by atoms with van der Waals surface area (Å²) in [6.07, 6.45) is 9.45. The van der Waals surface area contributed by atoms with E-state index in [1.165, 1.54) is 44.6 Å². The SMILES string of the molecule is C=CC(=O)N1CCC2(CCCC2)CC1. The molecule has 2 rings (SSSR count). The third-order valence-electron chi connectivity index (χ3n) is 3.97. The largest absolute Gasteiger partial charge is 0.339 e. The minimum Gasteiger partial charge on any atom is -0.339 e. The highest BCUT2D eigenvalue weighted by molar-refractivity contribution is 5.87. The fourth-order valence-electron chi connectivity index (χ4n) is 2.96. The van der Waals surface area contributed by atoms with Crippen LogP contribution in [0.2, 0.25) is 0 Å². The number of nitrogens with zero attached hydrogens (tertiary/aromatic N) is 1. The summed E-state index contributed by atoms with van der Waals surface area (Å²) in [7, 11) is 0. The van der Waals surface area contributed by atoms with E-state index in [1.807, 2.05) is 4.90 Å². The molecule has 0 atom stereocenters. The highest BCUT2D eigenvalue weighted by Crippen LogP contribution is 2.46. The van der Waals surface area contributed by atoms with Crippen molar-refractivity contribution < 1.29 is 4.79 Å². The first kappa shape index (κ1) is 9.75. The summed E-state index contributed by atoms with van der Waals surface area (Å²) in [6, 6.07) is 0. The van der Waals surface area contributed by atoms with Crippen molar-refractivity contribution >= 4 is 5.91 Å². The van der Waals surface area contributed by atoms with E-state index in [0.717, 1.165) is 13.1 Å². The molecule has 2 fully saturated rings. The van der Waals surface area contributed by atoms with Crippen molar-refractivity contribution in [3.8, 4) is 0 Å². The molecule has 1 spiro atoms. The molecule has 0 aromatic heterocycles. The standard InChI is InChI=1S/C12H19NO/c1-2-11(14)13-9-7-12(8-10-13)5-3-4-6-12/h2H,1,3-10H2. The number of rotatable bonds is 1. The fourth-order valence-corrected chi connectivity index (χ4v) is 2.96. The molecule has 0 bridgehead atoms. The maximum atomic E-state index is 11.4. The normalized spacial score (nSPS) is 25.3. The van der Waals surface area contributed by atoms with Crippen LogP contribution in [0.4, 0.5) is 0 Å². The molecule has 78 valence electrons. The number of carbonyl (C=O) groups excluding carboxylic acids is 1. The Hall–Kier alpha value is -0.790. The Morgan fingerprint density at radius 1 is 1.14 bits per heavy atom. The highest BCUT2D eigenvalue weighted by atomic mass is 16.2. The lowest BCUT2D eigenvalue weighted by molar-refractivity contribution is -0.128. The van der Waals surface area contributed by atoms with Crippen LogP contribution in [0, 0.1) is 5.41 Å². The van der Waals surface area contributed by atoms with E-state index in [4.69, 9.17) is 0 Å². The van der Waals surface area contributed by atoms with Crippen LogP contribution in [0.3, 0.4) is 0 Å². The molecule has 0 N–H and O–H groups in total. The van der Waals surface area contributed by atoms with Crippen molar-refractivity contribution in [3.63, 3.8) is 0 Å². The van der Waals surface area contributed by atoms with E-state index in [-0.39, 0.29) is 5.91 Å². The minimum absolute atomic E-state index is 0.109. The smallest absolute Gasteiger partial charge is 0.245 e. The lowest BCUT2D eigenvalue weighted by Crippen LogP contribution is -2.41. The van der Waals surface area contributed by atoms with Crippen LogP contribution in [0.15, 0.2) is 12.7 Å². The van der Waals surface area contributed by atoms with Crippen molar-refractivity contribution in [3.05, 3.63) is 12.7 Å². The number of piperidine rings is 1. The molecule has 1 heterocycles. The zero-order chi connectivity index (χ0) is 10.0. The fraction of sp³-hybridized carbons (Fsp3) is 0.750. The van der Waals surface area contributed by atoms with Gasteiger partial charge in [0.05, 0.1) is 0 Å². The van der Waals surface area contributed by atoms with Crippen LogP contribution < -0.4 is 0 Å². The quantitative estimate of drug-likeness (QED) is 0.585. The number of likely N-dealkylation sites (tertiary alicyclic amines) is 1. The molecule has 0 aromatic carbocycles. The average molecular weight is 193 g/mol. The second-order valence-corrected chi connectivity index (χ2v) is 4.74. The third kappa shape index (κ3) is 1.70. The zero-order valence-electron chi connectivity index (χ0n) is 8.80. The van der Waals surface area contributed by atoms with Gasteiger partial charge < -0.3 is 4.90 Å². The first-order valence-corrected chi connectivity index (χ1v) is 5.67. The monoisotopic (exact) mass is 193 g/mol. The predicted molar refractivity (Wildman–Crippen MR) is 56.9 cm³/mol. The molecule has 14 heavy (non-hydrogen) atoms. The summed E-state index contributed by atoms with van der Waals surface area (Å²) in [5.41, 5.74) is 0.609. The molecule has 1 aliphatic carbocycles. The van der Waals surface area contributed by atoms with Gasteiger partial charge in [-0.2, -0.15) is 0 Å². The zero-order valence-corrected chi connectivity index (χ0v) is 8.80. The van der Waals surface area contributed by atoms with Crippen LogP contribution in [-0.4, -0.2) is 23.9 Å². The Kier molecular flexibility index (Phi) is 2.62. The van der Waals surface area contributed by atoms with Gasteiger partial charge in [0.1, 0.15) is 0 Å². The van der Waals surface area contributed by atoms with Crippen LogP contribution in [0.1, 0.15) is 38.5 Å². The van der Waals surface area contributed by atoms with Gasteiger partial charge in [-0.05, 0) is 37.2 Å². The molecule has 0 aromatic rings. The Labute approximate surface area is 86.0 Å². The molecule has 1 saturated heterocycles. The number of hydrogen-bond donors (Lipinski definition) is 0. The maximum absolute atomic E-state index is 11.4. The van der Waals surface area contributed by atoms with Gasteiger partial charge in [-0.1, -0.05) is 19.4 Å². The number of amides is 1. The van der Waals surface area contributed by atoms with Gasteiger partial charge in [0.25, 0.3) is 0 Å². The van der Waals surface area contributed by atoms with E-state index in [1.54, 1.807) is 0 Å². The van der Waals surface area contributed by atoms with Gasteiger partial charge in [0, 0.05) is 13.1 Å². The highest BCUT2D eigenvalue weighted by Gasteiger charge is 2.37. The Balaban J connectivity index is 1.91. The Bertz CT molecular complexity index is 231. The second-order valence-electron chi connectivity index (χ2n) is 4.74. The summed E-state index contributed by atoms with van der Waals surface area (Å²) in [6.45, 7) is 5.43. The summed E-state index contributed by atoms with van der Waals surface area (Å²) >= 11 is 0. The lowest BCUT2D eigenvalue weighted by atomic mass is 9.77. The van der Waals surface area contributed by atoms with Gasteiger partial charge in [-0.3, -0.25) is 4.79 Å². The predicted octanol–water partition coefficient (Wildman–Crippen LogP) is 2.36. The summed E-state index contributed by atoms with van der Waals surface area (Å²) in [4.78, 5) is 13.3. The first-order valence-electron chi connectivity index (χ1n) is 5.67. The van der Waals surface area contributed by atoms with Crippen molar-refractivity contribution in [1.82, 2.24) is 4.90 Å². The minimum atomic E-state index is 0.109. The average Bonchev–Trinajstić information content (AvgIpc) is 2.67. The molecule has 0 radical (unpaired) electrons. The second kappa shape index (κ2) is 3.76. The molecule has 1 aliphatic heterocycles. The van der Waals surface area contributed by atoms with E-state index in [2.05, 4.69) is 6.58 Å². The number of carbonyl (C=O) groups is 1. The first-order chi connectivity index (χ1) is 6.76. The molecular weight excluding hydrogens is 174 g/mol. The lowest BCUT2D eigenvalue weighted by Gasteiger charge is -2.39. The van der Waals surface area contributed by atoms with Crippen molar-refractivity contribution in [1.29, 1.82) is 0 Å². The van der Waals surface area contributed by atoms with Crippen LogP contribution in [0.5, 0.6) is 0 Å². The summed E-state index contributed by atoms with van der Waals surface area (Å²) in [5.74, 6) is 0.109. The molecule has 2 heteroatoms. The van der Waals surface area contributed by atoms with Gasteiger partial charge in [0.2, 0.25) is 5.91 Å². The molecular formula is C12H19NO. The Morgan fingerprint density at radius 3 is 2.21 bits per heavy atom. The van der Waals surface area contributed by atoms with Gasteiger partial charge in [-0.25, -0.2) is 0 Å². The molecule has 2 aliphatic rings. The van der Waals surface area contributed by atoms with Crippen LogP contribution in [0.25, 0.3) is 0 Å². The summed E-state index contributed by atoms with van der Waals surface area (Å²) < 4.78 is 0. The van der Waals surface area contributed by atoms with Crippen LogP contribution in [-0.2, 0) is 4.79 Å².